The van der Waals surface area contributed by atoms with E-state index < -0.39 is 0 Å². The lowest BCUT2D eigenvalue weighted by Crippen LogP contribution is -2.22. The lowest BCUT2D eigenvalue weighted by molar-refractivity contribution is 0.545. The van der Waals surface area contributed by atoms with Crippen LogP contribution in [0.1, 0.15) is 32.2 Å². The minimum Gasteiger partial charge on any atom is -0.384 e. The summed E-state index contributed by atoms with van der Waals surface area (Å²) in [6.07, 6.45) is 0. The summed E-state index contributed by atoms with van der Waals surface area (Å²) in [7, 11) is 2.01. The highest BCUT2D eigenvalue weighted by Crippen LogP contribution is 2.23. The highest BCUT2D eigenvalue weighted by molar-refractivity contribution is 9.10. The van der Waals surface area contributed by atoms with Gasteiger partial charge in [0.2, 0.25) is 0 Å². The van der Waals surface area contributed by atoms with Gasteiger partial charge in [-0.05, 0) is 17.7 Å². The molecule has 21 heavy (non-hydrogen) atoms. The van der Waals surface area contributed by atoms with Crippen molar-refractivity contribution in [1.29, 1.82) is 0 Å². The molecule has 0 unspecified atom stereocenters. The predicted molar refractivity (Wildman–Crippen MR) is 91.4 cm³/mol. The fourth-order valence-corrected chi connectivity index (χ4v) is 2.19. The van der Waals surface area contributed by atoms with Gasteiger partial charge < -0.3 is 10.6 Å². The third-order valence-electron chi connectivity index (χ3n) is 3.13. The quantitative estimate of drug-likeness (QED) is 0.917. The van der Waals surface area contributed by atoms with Gasteiger partial charge in [-0.3, -0.25) is 0 Å². The Bertz CT molecular complexity index is 617. The molecule has 2 aromatic rings. The van der Waals surface area contributed by atoms with E-state index in [4.69, 9.17) is 5.73 Å². The molecule has 1 aromatic carbocycles. The molecule has 0 saturated carbocycles. The summed E-state index contributed by atoms with van der Waals surface area (Å²) >= 11 is 3.45. The zero-order valence-corrected chi connectivity index (χ0v) is 14.5. The van der Waals surface area contributed by atoms with Crippen molar-refractivity contribution in [2.45, 2.75) is 32.7 Å². The summed E-state index contributed by atoms with van der Waals surface area (Å²) in [5.74, 6) is 2.11. The van der Waals surface area contributed by atoms with E-state index in [-0.39, 0.29) is 5.41 Å². The van der Waals surface area contributed by atoms with Crippen LogP contribution in [0.25, 0.3) is 0 Å². The van der Waals surface area contributed by atoms with E-state index in [9.17, 15) is 0 Å². The van der Waals surface area contributed by atoms with Crippen LogP contribution in [0.2, 0.25) is 0 Å². The second kappa shape index (κ2) is 6.02. The predicted octanol–water partition coefficient (Wildman–Crippen LogP) is 3.76. The van der Waals surface area contributed by atoms with Crippen molar-refractivity contribution >= 4 is 27.6 Å². The maximum absolute atomic E-state index is 5.92. The molecule has 2 N–H and O–H groups in total. The number of nitrogens with two attached hydrogens (primary N) is 1. The van der Waals surface area contributed by atoms with E-state index in [2.05, 4.69) is 63.7 Å². The first-order valence-electron chi connectivity index (χ1n) is 6.86. The van der Waals surface area contributed by atoms with E-state index in [0.29, 0.717) is 5.82 Å². The van der Waals surface area contributed by atoms with Crippen LogP contribution < -0.4 is 10.6 Å². The molecular weight excluding hydrogens is 328 g/mol. The Balaban J connectivity index is 2.24. The standard InChI is InChI=1S/C16H21BrN4/c1-16(2,3)15-19-13(18)9-14(20-15)21(4)10-11-5-7-12(17)8-6-11/h5-9H,10H2,1-4H3,(H2,18,19,20). The van der Waals surface area contributed by atoms with Crippen molar-refractivity contribution in [3.05, 3.63) is 46.2 Å². The van der Waals surface area contributed by atoms with E-state index in [0.717, 1.165) is 22.7 Å². The van der Waals surface area contributed by atoms with Gasteiger partial charge in [0.15, 0.2) is 0 Å². The molecular formula is C16H21BrN4. The van der Waals surface area contributed by atoms with Crippen molar-refractivity contribution in [2.75, 3.05) is 17.7 Å². The van der Waals surface area contributed by atoms with Crippen molar-refractivity contribution < 1.29 is 0 Å². The molecule has 1 heterocycles. The fourth-order valence-electron chi connectivity index (χ4n) is 1.93. The van der Waals surface area contributed by atoms with Crippen LogP contribution in [0.3, 0.4) is 0 Å². The molecule has 4 nitrogen and oxygen atoms in total. The number of anilines is 2. The molecule has 0 aliphatic rings. The molecule has 0 aliphatic carbocycles. The van der Waals surface area contributed by atoms with Crippen molar-refractivity contribution in [3.63, 3.8) is 0 Å². The highest BCUT2D eigenvalue weighted by Gasteiger charge is 2.19. The first kappa shape index (κ1) is 15.8. The summed E-state index contributed by atoms with van der Waals surface area (Å²) < 4.78 is 1.08. The van der Waals surface area contributed by atoms with Gasteiger partial charge in [0.1, 0.15) is 17.5 Å². The second-order valence-electron chi connectivity index (χ2n) is 6.21. The van der Waals surface area contributed by atoms with E-state index in [1.165, 1.54) is 5.56 Å². The first-order valence-corrected chi connectivity index (χ1v) is 7.65. The van der Waals surface area contributed by atoms with Crippen molar-refractivity contribution in [1.82, 2.24) is 9.97 Å². The Kier molecular flexibility index (Phi) is 4.52. The topological polar surface area (TPSA) is 55.0 Å². The molecule has 0 radical (unpaired) electrons. The summed E-state index contributed by atoms with van der Waals surface area (Å²) in [4.78, 5) is 11.1. The number of rotatable bonds is 3. The Morgan fingerprint density at radius 2 is 1.76 bits per heavy atom. The number of nitrogens with zero attached hydrogens (tertiary/aromatic N) is 3. The minimum absolute atomic E-state index is 0.122. The highest BCUT2D eigenvalue weighted by atomic mass is 79.9. The van der Waals surface area contributed by atoms with Crippen LogP contribution in [0.15, 0.2) is 34.8 Å². The zero-order chi connectivity index (χ0) is 15.6. The SMILES string of the molecule is CN(Cc1ccc(Br)cc1)c1cc(N)nc(C(C)(C)C)n1. The molecule has 2 rings (SSSR count). The van der Waals surface area contributed by atoms with Gasteiger partial charge >= 0.3 is 0 Å². The van der Waals surface area contributed by atoms with E-state index in [1.807, 2.05) is 25.2 Å². The maximum atomic E-state index is 5.92. The van der Waals surface area contributed by atoms with E-state index in [1.54, 1.807) is 0 Å². The van der Waals surface area contributed by atoms with Gasteiger partial charge in [-0.25, -0.2) is 9.97 Å². The summed E-state index contributed by atoms with van der Waals surface area (Å²) in [5.41, 5.74) is 7.02. The Labute approximate surface area is 134 Å². The molecule has 1 aromatic heterocycles. The molecule has 5 heteroatoms. The first-order chi connectivity index (χ1) is 9.75. The molecule has 0 fully saturated rings. The van der Waals surface area contributed by atoms with Gasteiger partial charge in [-0.15, -0.1) is 0 Å². The Morgan fingerprint density at radius 3 is 2.33 bits per heavy atom. The van der Waals surface area contributed by atoms with Crippen LogP contribution in [-0.4, -0.2) is 17.0 Å². The maximum Gasteiger partial charge on any atom is 0.138 e. The van der Waals surface area contributed by atoms with Crippen molar-refractivity contribution in [2.24, 2.45) is 0 Å². The molecule has 0 spiro atoms. The van der Waals surface area contributed by atoms with Crippen LogP contribution in [-0.2, 0) is 12.0 Å². The second-order valence-corrected chi connectivity index (χ2v) is 7.12. The monoisotopic (exact) mass is 348 g/mol. The number of nitrogen functional groups attached to an aromatic ring is 1. The van der Waals surface area contributed by atoms with Gasteiger partial charge in [-0.2, -0.15) is 0 Å². The third-order valence-corrected chi connectivity index (χ3v) is 3.66. The summed E-state index contributed by atoms with van der Waals surface area (Å²) in [5, 5.41) is 0. The fraction of sp³-hybridized carbons (Fsp3) is 0.375. The molecule has 0 aliphatic heterocycles. The number of halogens is 1. The van der Waals surface area contributed by atoms with Gasteiger partial charge in [0, 0.05) is 29.5 Å². The van der Waals surface area contributed by atoms with Crippen LogP contribution in [0.5, 0.6) is 0 Å². The lowest BCUT2D eigenvalue weighted by atomic mass is 9.96. The normalized spacial score (nSPS) is 11.5. The zero-order valence-electron chi connectivity index (χ0n) is 12.9. The largest absolute Gasteiger partial charge is 0.384 e. The van der Waals surface area contributed by atoms with Gasteiger partial charge in [-0.1, -0.05) is 48.8 Å². The lowest BCUT2D eigenvalue weighted by Gasteiger charge is -2.22. The van der Waals surface area contributed by atoms with Gasteiger partial charge in [0.25, 0.3) is 0 Å². The van der Waals surface area contributed by atoms with E-state index >= 15 is 0 Å². The summed E-state index contributed by atoms with van der Waals surface area (Å²) in [6, 6.07) is 10.1. The Hall–Kier alpha value is -1.62. The average molecular weight is 349 g/mol. The summed E-state index contributed by atoms with van der Waals surface area (Å²) in [6.45, 7) is 7.02. The molecule has 0 atom stereocenters. The third kappa shape index (κ3) is 4.17. The molecule has 0 bridgehead atoms. The number of hydrogen-bond donors (Lipinski definition) is 1. The molecule has 112 valence electrons. The average Bonchev–Trinajstić information content (AvgIpc) is 2.39. The number of aromatic nitrogens is 2. The van der Waals surface area contributed by atoms with Gasteiger partial charge in [0.05, 0.1) is 0 Å². The van der Waals surface area contributed by atoms with Crippen molar-refractivity contribution in [3.8, 4) is 0 Å². The number of hydrogen-bond acceptors (Lipinski definition) is 4. The minimum atomic E-state index is -0.122. The van der Waals surface area contributed by atoms with Crippen LogP contribution in [0, 0.1) is 0 Å². The molecule has 0 saturated heterocycles. The Morgan fingerprint density at radius 1 is 1.14 bits per heavy atom. The molecule has 0 amide bonds. The smallest absolute Gasteiger partial charge is 0.138 e. The van der Waals surface area contributed by atoms with Crippen LogP contribution >= 0.6 is 15.9 Å². The number of benzene rings is 1. The van der Waals surface area contributed by atoms with Crippen LogP contribution in [0.4, 0.5) is 11.6 Å².